The maximum Gasteiger partial charge on any atom is 0.319 e. The number of carbonyl (C=O) groups excluding carboxylic acids is 1. The van der Waals surface area contributed by atoms with Gasteiger partial charge in [-0.05, 0) is 30.3 Å². The van der Waals surface area contributed by atoms with Crippen molar-refractivity contribution in [2.24, 2.45) is 0 Å². The van der Waals surface area contributed by atoms with E-state index in [-0.39, 0.29) is 17.2 Å². The molecule has 2 amide bonds. The molecule has 0 fully saturated rings. The number of nitrogens with one attached hydrogen (secondary N) is 2. The summed E-state index contributed by atoms with van der Waals surface area (Å²) in [5.41, 5.74) is 0.538. The van der Waals surface area contributed by atoms with Crippen molar-refractivity contribution in [1.82, 2.24) is 5.32 Å². The summed E-state index contributed by atoms with van der Waals surface area (Å²) < 4.78 is 24.1. The summed E-state index contributed by atoms with van der Waals surface area (Å²) in [7, 11) is -3.40. The van der Waals surface area contributed by atoms with E-state index in [1.807, 2.05) is 0 Å². The molecule has 2 rings (SSSR count). The lowest BCUT2D eigenvalue weighted by Crippen LogP contribution is -2.32. The number of hydrogen-bond acceptors (Lipinski definition) is 3. The van der Waals surface area contributed by atoms with Gasteiger partial charge < -0.3 is 10.6 Å². The number of urea groups is 1. The molecule has 0 aromatic heterocycles. The summed E-state index contributed by atoms with van der Waals surface area (Å²) in [4.78, 5) is 11.9. The average molecular weight is 339 g/mol. The standard InChI is InChI=1S/C15H15ClN2O3S/c16-12-5-4-6-13(11-12)18-15(19)17-9-10-22(20,21)14-7-2-1-3-8-14/h1-8,11H,9-10H2,(H2,17,18,19). The van der Waals surface area contributed by atoms with E-state index in [0.717, 1.165) is 0 Å². The Morgan fingerprint density at radius 3 is 2.45 bits per heavy atom. The van der Waals surface area contributed by atoms with Crippen molar-refractivity contribution in [3.8, 4) is 0 Å². The molecule has 0 atom stereocenters. The van der Waals surface area contributed by atoms with Crippen molar-refractivity contribution in [2.75, 3.05) is 17.6 Å². The van der Waals surface area contributed by atoms with Gasteiger partial charge in [-0.2, -0.15) is 0 Å². The monoisotopic (exact) mass is 338 g/mol. The van der Waals surface area contributed by atoms with E-state index in [2.05, 4.69) is 10.6 Å². The fraction of sp³-hybridized carbons (Fsp3) is 0.133. The third-order valence-corrected chi connectivity index (χ3v) is 4.81. The molecule has 0 aliphatic heterocycles. The Labute approximate surface area is 134 Å². The molecule has 2 N–H and O–H groups in total. The first kappa shape index (κ1) is 16.3. The topological polar surface area (TPSA) is 75.3 Å². The van der Waals surface area contributed by atoms with E-state index in [1.165, 1.54) is 12.1 Å². The van der Waals surface area contributed by atoms with Crippen LogP contribution in [0.3, 0.4) is 0 Å². The number of amides is 2. The van der Waals surface area contributed by atoms with Crippen LogP contribution >= 0.6 is 11.6 Å². The maximum atomic E-state index is 12.0. The molecule has 0 unspecified atom stereocenters. The van der Waals surface area contributed by atoms with Gasteiger partial charge in [0, 0.05) is 17.3 Å². The molecule has 0 aliphatic carbocycles. The molecule has 0 heterocycles. The summed E-state index contributed by atoms with van der Waals surface area (Å²) in [5.74, 6) is -0.167. The van der Waals surface area contributed by atoms with Crippen LogP contribution in [-0.2, 0) is 9.84 Å². The minimum Gasteiger partial charge on any atom is -0.337 e. The summed E-state index contributed by atoms with van der Waals surface area (Å²) >= 11 is 5.81. The second kappa shape index (κ2) is 7.29. The fourth-order valence-electron chi connectivity index (χ4n) is 1.79. The molecule has 7 heteroatoms. The molecule has 0 saturated carbocycles. The SMILES string of the molecule is O=C(NCCS(=O)(=O)c1ccccc1)Nc1cccc(Cl)c1. The average Bonchev–Trinajstić information content (AvgIpc) is 2.48. The highest BCUT2D eigenvalue weighted by Crippen LogP contribution is 2.14. The third kappa shape index (κ3) is 4.75. The van der Waals surface area contributed by atoms with Crippen LogP contribution in [0.5, 0.6) is 0 Å². The van der Waals surface area contributed by atoms with Gasteiger partial charge in [0.05, 0.1) is 10.6 Å². The summed E-state index contributed by atoms with van der Waals surface area (Å²) in [6, 6.07) is 14.3. The first-order valence-electron chi connectivity index (χ1n) is 6.55. The van der Waals surface area contributed by atoms with E-state index in [9.17, 15) is 13.2 Å². The van der Waals surface area contributed by atoms with Crippen molar-refractivity contribution in [2.45, 2.75) is 4.90 Å². The predicted molar refractivity (Wildman–Crippen MR) is 87.0 cm³/mol. The first-order chi connectivity index (χ1) is 10.5. The van der Waals surface area contributed by atoms with Gasteiger partial charge in [0.25, 0.3) is 0 Å². The lowest BCUT2D eigenvalue weighted by Gasteiger charge is -2.08. The lowest BCUT2D eigenvalue weighted by atomic mass is 10.3. The number of halogens is 1. The number of hydrogen-bond donors (Lipinski definition) is 2. The third-order valence-electron chi connectivity index (χ3n) is 2.84. The minimum atomic E-state index is -3.40. The van der Waals surface area contributed by atoms with E-state index >= 15 is 0 Å². The summed E-state index contributed by atoms with van der Waals surface area (Å²) in [5, 5.41) is 5.59. The predicted octanol–water partition coefficient (Wildman–Crippen LogP) is 2.94. The number of benzene rings is 2. The first-order valence-corrected chi connectivity index (χ1v) is 8.59. The quantitative estimate of drug-likeness (QED) is 0.880. The largest absolute Gasteiger partial charge is 0.337 e. The van der Waals surface area contributed by atoms with Gasteiger partial charge in [-0.3, -0.25) is 0 Å². The van der Waals surface area contributed by atoms with Gasteiger partial charge in [-0.15, -0.1) is 0 Å². The molecule has 0 aliphatic rings. The maximum absolute atomic E-state index is 12.0. The van der Waals surface area contributed by atoms with Crippen LogP contribution < -0.4 is 10.6 Å². The minimum absolute atomic E-state index is 0.0175. The van der Waals surface area contributed by atoms with Crippen LogP contribution in [0.15, 0.2) is 59.5 Å². The molecule has 0 saturated heterocycles. The Hall–Kier alpha value is -2.05. The van der Waals surface area contributed by atoms with Crippen LogP contribution in [0.25, 0.3) is 0 Å². The van der Waals surface area contributed by atoms with Crippen LogP contribution in [0.1, 0.15) is 0 Å². The van der Waals surface area contributed by atoms with Crippen molar-refractivity contribution in [3.05, 3.63) is 59.6 Å². The van der Waals surface area contributed by atoms with E-state index in [1.54, 1.807) is 42.5 Å². The molecular weight excluding hydrogens is 324 g/mol. The number of rotatable bonds is 5. The Morgan fingerprint density at radius 1 is 1.05 bits per heavy atom. The summed E-state index contributed by atoms with van der Waals surface area (Å²) in [6.45, 7) is 0.0175. The molecule has 2 aromatic rings. The Balaban J connectivity index is 1.85. The zero-order chi connectivity index (χ0) is 16.0. The van der Waals surface area contributed by atoms with Crippen molar-refractivity contribution in [1.29, 1.82) is 0 Å². The van der Waals surface area contributed by atoms with Crippen LogP contribution in [0.4, 0.5) is 10.5 Å². The molecular formula is C15H15ClN2O3S. The highest BCUT2D eigenvalue weighted by atomic mass is 35.5. The molecule has 116 valence electrons. The lowest BCUT2D eigenvalue weighted by molar-refractivity contribution is 0.252. The second-order valence-corrected chi connectivity index (χ2v) is 7.07. The molecule has 0 spiro atoms. The molecule has 22 heavy (non-hydrogen) atoms. The van der Waals surface area contributed by atoms with Crippen molar-refractivity contribution >= 4 is 33.2 Å². The van der Waals surface area contributed by atoms with Gasteiger partial charge in [-0.1, -0.05) is 35.9 Å². The molecule has 5 nitrogen and oxygen atoms in total. The van der Waals surface area contributed by atoms with E-state index < -0.39 is 15.9 Å². The zero-order valence-electron chi connectivity index (χ0n) is 11.6. The van der Waals surface area contributed by atoms with E-state index in [4.69, 9.17) is 11.6 Å². The highest BCUT2D eigenvalue weighted by Gasteiger charge is 2.13. The molecule has 0 radical (unpaired) electrons. The molecule has 2 aromatic carbocycles. The van der Waals surface area contributed by atoms with Gasteiger partial charge in [0.15, 0.2) is 9.84 Å². The Kier molecular flexibility index (Phi) is 5.41. The zero-order valence-corrected chi connectivity index (χ0v) is 13.2. The second-order valence-electron chi connectivity index (χ2n) is 4.52. The Morgan fingerprint density at radius 2 is 1.77 bits per heavy atom. The van der Waals surface area contributed by atoms with Crippen molar-refractivity contribution < 1.29 is 13.2 Å². The van der Waals surface area contributed by atoms with Gasteiger partial charge in [0.1, 0.15) is 0 Å². The normalized spacial score (nSPS) is 11.0. The number of anilines is 1. The fourth-order valence-corrected chi connectivity index (χ4v) is 3.15. The van der Waals surface area contributed by atoms with Crippen LogP contribution in [0, 0.1) is 0 Å². The molecule has 0 bridgehead atoms. The van der Waals surface area contributed by atoms with Crippen molar-refractivity contribution in [3.63, 3.8) is 0 Å². The van der Waals surface area contributed by atoms with Gasteiger partial charge in [-0.25, -0.2) is 13.2 Å². The summed E-state index contributed by atoms with van der Waals surface area (Å²) in [6.07, 6.45) is 0. The Bertz CT molecular complexity index is 748. The van der Waals surface area contributed by atoms with Crippen LogP contribution in [-0.4, -0.2) is 26.7 Å². The van der Waals surface area contributed by atoms with Gasteiger partial charge in [0.2, 0.25) is 0 Å². The van der Waals surface area contributed by atoms with Crippen LogP contribution in [0.2, 0.25) is 5.02 Å². The van der Waals surface area contributed by atoms with Gasteiger partial charge >= 0.3 is 6.03 Å². The smallest absolute Gasteiger partial charge is 0.319 e. The number of carbonyl (C=O) groups is 1. The highest BCUT2D eigenvalue weighted by molar-refractivity contribution is 7.91. The van der Waals surface area contributed by atoms with E-state index in [0.29, 0.717) is 10.7 Å². The number of sulfone groups is 1.